The lowest BCUT2D eigenvalue weighted by Gasteiger charge is -2.05. The van der Waals surface area contributed by atoms with Gasteiger partial charge in [0.2, 0.25) is 0 Å². The molecule has 21 heavy (non-hydrogen) atoms. The minimum absolute atomic E-state index is 0.210. The smallest absolute Gasteiger partial charge is 0.163 e. The number of H-pyrrole nitrogens is 1. The number of hydrogen-bond donors (Lipinski definition) is 2. The summed E-state index contributed by atoms with van der Waals surface area (Å²) in [7, 11) is 0. The molecule has 3 nitrogen and oxygen atoms in total. The van der Waals surface area contributed by atoms with E-state index in [1.54, 1.807) is 6.07 Å². The lowest BCUT2D eigenvalue weighted by molar-refractivity contribution is 0.0983. The van der Waals surface area contributed by atoms with E-state index in [9.17, 15) is 9.90 Å². The maximum absolute atomic E-state index is 12.2. The Hall–Kier alpha value is -2.55. The molecule has 0 amide bonds. The van der Waals surface area contributed by atoms with Crippen molar-refractivity contribution in [2.24, 2.45) is 0 Å². The van der Waals surface area contributed by atoms with Crippen molar-refractivity contribution < 1.29 is 9.90 Å². The van der Waals surface area contributed by atoms with Gasteiger partial charge in [-0.15, -0.1) is 0 Å². The van der Waals surface area contributed by atoms with Gasteiger partial charge in [-0.2, -0.15) is 0 Å². The molecule has 3 aromatic rings. The van der Waals surface area contributed by atoms with Gasteiger partial charge in [0, 0.05) is 28.5 Å². The largest absolute Gasteiger partial charge is 0.507 e. The van der Waals surface area contributed by atoms with Gasteiger partial charge in [0.25, 0.3) is 0 Å². The summed E-state index contributed by atoms with van der Waals surface area (Å²) >= 11 is 0. The molecule has 2 N–H and O–H groups in total. The van der Waals surface area contributed by atoms with Gasteiger partial charge in [-0.05, 0) is 36.6 Å². The standard InChI is InChI=1S/C18H15NO2/c20-15-10-4-7-13-17-11(15)6-3-8-14(17)19-18(13)12-5-1-2-9-16(12)21/h1-3,5-6,8-9,19,21H,4,7,10H2. The molecule has 3 heteroatoms. The molecule has 0 saturated carbocycles. The molecule has 0 unspecified atom stereocenters. The van der Waals surface area contributed by atoms with Crippen LogP contribution in [0.2, 0.25) is 0 Å². The zero-order valence-electron chi connectivity index (χ0n) is 11.5. The molecular weight excluding hydrogens is 262 g/mol. The molecule has 0 aliphatic heterocycles. The molecule has 2 aromatic carbocycles. The fraction of sp³-hybridized carbons (Fsp3) is 0.167. The molecule has 0 bridgehead atoms. The molecular formula is C18H15NO2. The fourth-order valence-corrected chi connectivity index (χ4v) is 3.27. The van der Waals surface area contributed by atoms with Crippen molar-refractivity contribution >= 4 is 16.7 Å². The summed E-state index contributed by atoms with van der Waals surface area (Å²) < 4.78 is 0. The third kappa shape index (κ3) is 1.77. The lowest BCUT2D eigenvalue weighted by Crippen LogP contribution is -1.96. The number of phenols is 1. The number of rotatable bonds is 1. The normalized spacial score (nSPS) is 14.4. The Morgan fingerprint density at radius 1 is 0.952 bits per heavy atom. The number of benzene rings is 2. The lowest BCUT2D eigenvalue weighted by atomic mass is 10.00. The van der Waals surface area contributed by atoms with Gasteiger partial charge in [-0.3, -0.25) is 4.79 Å². The van der Waals surface area contributed by atoms with Crippen LogP contribution in [0.3, 0.4) is 0 Å². The van der Waals surface area contributed by atoms with Crippen molar-refractivity contribution in [3.05, 3.63) is 53.6 Å². The Balaban J connectivity index is 2.08. The average molecular weight is 277 g/mol. The zero-order valence-corrected chi connectivity index (χ0v) is 11.5. The van der Waals surface area contributed by atoms with Crippen LogP contribution in [0.5, 0.6) is 5.75 Å². The number of aromatic hydroxyl groups is 1. The Labute approximate surface area is 122 Å². The van der Waals surface area contributed by atoms with Gasteiger partial charge in [0.15, 0.2) is 5.78 Å². The highest BCUT2D eigenvalue weighted by Gasteiger charge is 2.22. The van der Waals surface area contributed by atoms with Gasteiger partial charge in [-0.25, -0.2) is 0 Å². The second kappa shape index (κ2) is 4.48. The van der Waals surface area contributed by atoms with Gasteiger partial charge < -0.3 is 10.1 Å². The van der Waals surface area contributed by atoms with Crippen LogP contribution >= 0.6 is 0 Å². The molecule has 1 aliphatic rings. The number of hydrogen-bond acceptors (Lipinski definition) is 2. The highest BCUT2D eigenvalue weighted by Crippen LogP contribution is 2.38. The summed E-state index contributed by atoms with van der Waals surface area (Å²) in [6, 6.07) is 13.1. The van der Waals surface area contributed by atoms with Crippen LogP contribution in [0, 0.1) is 0 Å². The number of Topliss-reactive ketones (excluding diaryl/α,β-unsaturated/α-hetero) is 1. The number of aryl methyl sites for hydroxylation is 1. The SMILES string of the molecule is O=C1CCCc2c(-c3ccccc3O)[nH]c3cccc1c23. The molecule has 0 saturated heterocycles. The van der Waals surface area contributed by atoms with Gasteiger partial charge in [0.05, 0.1) is 5.69 Å². The van der Waals surface area contributed by atoms with Crippen molar-refractivity contribution in [3.8, 4) is 17.0 Å². The molecule has 0 atom stereocenters. The number of phenolic OH excluding ortho intramolecular Hbond substituents is 1. The minimum atomic E-state index is 0.210. The highest BCUT2D eigenvalue weighted by atomic mass is 16.3. The van der Waals surface area contributed by atoms with E-state index in [0.717, 1.165) is 46.1 Å². The molecule has 1 aliphatic carbocycles. The van der Waals surface area contributed by atoms with Gasteiger partial charge in [-0.1, -0.05) is 24.3 Å². The number of carbonyl (C=O) groups is 1. The van der Waals surface area contributed by atoms with E-state index in [4.69, 9.17) is 0 Å². The maximum atomic E-state index is 12.2. The van der Waals surface area contributed by atoms with Crippen LogP contribution in [0.25, 0.3) is 22.2 Å². The molecule has 0 fully saturated rings. The first-order chi connectivity index (χ1) is 10.3. The van der Waals surface area contributed by atoms with Crippen LogP contribution in [-0.2, 0) is 6.42 Å². The highest BCUT2D eigenvalue weighted by molar-refractivity contribution is 6.11. The van der Waals surface area contributed by atoms with Crippen molar-refractivity contribution in [3.63, 3.8) is 0 Å². The third-order valence-electron chi connectivity index (χ3n) is 4.23. The van der Waals surface area contributed by atoms with Crippen LogP contribution in [-0.4, -0.2) is 15.9 Å². The summed E-state index contributed by atoms with van der Waals surface area (Å²) in [6.07, 6.45) is 2.29. The number of nitrogens with one attached hydrogen (secondary N) is 1. The van der Waals surface area contributed by atoms with E-state index in [1.165, 1.54) is 0 Å². The van der Waals surface area contributed by atoms with Crippen molar-refractivity contribution in [2.75, 3.05) is 0 Å². The first kappa shape index (κ1) is 12.2. The predicted molar refractivity (Wildman–Crippen MR) is 82.7 cm³/mol. The summed E-state index contributed by atoms with van der Waals surface area (Å²) in [4.78, 5) is 15.6. The van der Waals surface area contributed by atoms with Crippen molar-refractivity contribution in [2.45, 2.75) is 19.3 Å². The van der Waals surface area contributed by atoms with E-state index in [-0.39, 0.29) is 11.5 Å². The Bertz CT molecular complexity index is 861. The number of ketones is 1. The van der Waals surface area contributed by atoms with Crippen LogP contribution in [0.4, 0.5) is 0 Å². The molecule has 1 aromatic heterocycles. The first-order valence-electron chi connectivity index (χ1n) is 7.21. The number of aromatic amines is 1. The molecule has 4 rings (SSSR count). The van der Waals surface area contributed by atoms with E-state index in [1.807, 2.05) is 36.4 Å². The van der Waals surface area contributed by atoms with Crippen LogP contribution in [0.15, 0.2) is 42.5 Å². The van der Waals surface area contributed by atoms with Crippen molar-refractivity contribution in [1.29, 1.82) is 0 Å². The van der Waals surface area contributed by atoms with Gasteiger partial charge >= 0.3 is 0 Å². The van der Waals surface area contributed by atoms with Gasteiger partial charge in [0.1, 0.15) is 5.75 Å². The average Bonchev–Trinajstić information content (AvgIpc) is 2.77. The number of aromatic nitrogens is 1. The summed E-state index contributed by atoms with van der Waals surface area (Å²) in [6.45, 7) is 0. The molecule has 0 spiro atoms. The van der Waals surface area contributed by atoms with Crippen LogP contribution in [0.1, 0.15) is 28.8 Å². The molecule has 0 radical (unpaired) electrons. The van der Waals surface area contributed by atoms with E-state index in [0.29, 0.717) is 6.42 Å². The number of carbonyl (C=O) groups excluding carboxylic acids is 1. The Morgan fingerprint density at radius 2 is 1.76 bits per heavy atom. The van der Waals surface area contributed by atoms with E-state index >= 15 is 0 Å². The molecule has 1 heterocycles. The molecule has 104 valence electrons. The predicted octanol–water partition coefficient (Wildman–Crippen LogP) is 4.06. The van der Waals surface area contributed by atoms with Crippen molar-refractivity contribution in [1.82, 2.24) is 4.98 Å². The first-order valence-corrected chi connectivity index (χ1v) is 7.21. The van der Waals surface area contributed by atoms with Crippen LogP contribution < -0.4 is 0 Å². The Kier molecular flexibility index (Phi) is 2.61. The summed E-state index contributed by atoms with van der Waals surface area (Å²) in [5.41, 5.74) is 4.65. The summed E-state index contributed by atoms with van der Waals surface area (Å²) in [5.74, 6) is 0.472. The quantitative estimate of drug-likeness (QED) is 0.704. The monoisotopic (exact) mass is 277 g/mol. The van der Waals surface area contributed by atoms with E-state index < -0.39 is 0 Å². The zero-order chi connectivity index (χ0) is 14.4. The third-order valence-corrected chi connectivity index (χ3v) is 4.23. The number of para-hydroxylation sites is 1. The topological polar surface area (TPSA) is 53.1 Å². The second-order valence-corrected chi connectivity index (χ2v) is 5.50. The summed E-state index contributed by atoms with van der Waals surface area (Å²) in [5, 5.41) is 11.2. The van der Waals surface area contributed by atoms with E-state index in [2.05, 4.69) is 4.98 Å². The fourth-order valence-electron chi connectivity index (χ4n) is 3.27. The maximum Gasteiger partial charge on any atom is 0.163 e. The minimum Gasteiger partial charge on any atom is -0.507 e. The second-order valence-electron chi connectivity index (χ2n) is 5.50. The Morgan fingerprint density at radius 3 is 2.62 bits per heavy atom.